The van der Waals surface area contributed by atoms with E-state index < -0.39 is 12.6 Å². The molecule has 0 radical (unpaired) electrons. The van der Waals surface area contributed by atoms with E-state index in [9.17, 15) is 13.2 Å². The zero-order valence-corrected chi connectivity index (χ0v) is 8.87. The Bertz CT molecular complexity index is 214. The van der Waals surface area contributed by atoms with Crippen LogP contribution in [0.1, 0.15) is 44.9 Å². The maximum absolute atomic E-state index is 12.1. The summed E-state index contributed by atoms with van der Waals surface area (Å²) in [6.45, 7) is 0.989. The molecule has 1 saturated carbocycles. The summed E-state index contributed by atoms with van der Waals surface area (Å²) >= 11 is 0. The fourth-order valence-electron chi connectivity index (χ4n) is 2.84. The molecule has 1 aliphatic carbocycles. The Labute approximate surface area is 88.4 Å². The Morgan fingerprint density at radius 2 is 2.00 bits per heavy atom. The molecule has 1 heterocycles. The third-order valence-electron chi connectivity index (χ3n) is 3.72. The second-order valence-corrected chi connectivity index (χ2v) is 4.93. The minimum atomic E-state index is -3.98. The molecule has 2 aliphatic rings. The molecular formula is C11H18F3N. The van der Waals surface area contributed by atoms with Crippen molar-refractivity contribution in [3.63, 3.8) is 0 Å². The summed E-state index contributed by atoms with van der Waals surface area (Å²) in [5, 5.41) is 3.45. The van der Waals surface area contributed by atoms with Crippen molar-refractivity contribution >= 4 is 0 Å². The molecule has 0 bridgehead atoms. The summed E-state index contributed by atoms with van der Waals surface area (Å²) in [5.74, 6) is 0.660. The molecule has 1 aliphatic heterocycles. The highest BCUT2D eigenvalue weighted by atomic mass is 19.4. The van der Waals surface area contributed by atoms with Crippen molar-refractivity contribution in [3.8, 4) is 0 Å². The summed E-state index contributed by atoms with van der Waals surface area (Å²) in [6.07, 6.45) is 1.01. The highest BCUT2D eigenvalue weighted by Gasteiger charge is 2.46. The van der Waals surface area contributed by atoms with E-state index in [4.69, 9.17) is 0 Å². The van der Waals surface area contributed by atoms with Gasteiger partial charge in [-0.1, -0.05) is 0 Å². The molecule has 1 N–H and O–H groups in total. The molecular weight excluding hydrogens is 203 g/mol. The first-order valence-electron chi connectivity index (χ1n) is 5.84. The number of alkyl halides is 3. The van der Waals surface area contributed by atoms with E-state index >= 15 is 0 Å². The zero-order chi connectivity index (χ0) is 10.9. The molecule has 0 aromatic heterocycles. The number of hydrogen-bond donors (Lipinski definition) is 1. The van der Waals surface area contributed by atoms with E-state index in [-0.39, 0.29) is 12.0 Å². The Balaban J connectivity index is 1.80. The molecule has 2 rings (SSSR count). The van der Waals surface area contributed by atoms with Crippen LogP contribution in [0, 0.1) is 5.92 Å². The molecule has 1 atom stereocenters. The van der Waals surface area contributed by atoms with Crippen LogP contribution in [0.25, 0.3) is 0 Å². The molecule has 2 fully saturated rings. The van der Waals surface area contributed by atoms with Crippen LogP contribution in [-0.4, -0.2) is 18.3 Å². The van der Waals surface area contributed by atoms with E-state index in [1.54, 1.807) is 0 Å². The molecule has 15 heavy (non-hydrogen) atoms. The summed E-state index contributed by atoms with van der Waals surface area (Å²) in [4.78, 5) is 0. The van der Waals surface area contributed by atoms with Crippen LogP contribution in [0.4, 0.5) is 13.2 Å². The fraction of sp³-hybridized carbons (Fsp3) is 1.00. The summed E-state index contributed by atoms with van der Waals surface area (Å²) < 4.78 is 36.2. The third kappa shape index (κ3) is 2.86. The monoisotopic (exact) mass is 221 g/mol. The largest absolute Gasteiger partial charge is 0.389 e. The molecule has 4 heteroatoms. The Morgan fingerprint density at radius 1 is 1.27 bits per heavy atom. The van der Waals surface area contributed by atoms with E-state index in [0.29, 0.717) is 12.3 Å². The third-order valence-corrected chi connectivity index (χ3v) is 3.72. The van der Waals surface area contributed by atoms with Crippen LogP contribution in [0.15, 0.2) is 0 Å². The van der Waals surface area contributed by atoms with Crippen molar-refractivity contribution in [2.24, 2.45) is 5.92 Å². The maximum Gasteiger partial charge on any atom is 0.389 e. The van der Waals surface area contributed by atoms with Crippen molar-refractivity contribution in [3.05, 3.63) is 0 Å². The zero-order valence-electron chi connectivity index (χ0n) is 8.87. The number of nitrogens with one attached hydrogen (secondary N) is 1. The Morgan fingerprint density at radius 3 is 2.47 bits per heavy atom. The molecule has 88 valence electrons. The van der Waals surface area contributed by atoms with Crippen molar-refractivity contribution < 1.29 is 13.2 Å². The highest BCUT2D eigenvalue weighted by Crippen LogP contribution is 2.47. The quantitative estimate of drug-likeness (QED) is 0.768. The first kappa shape index (κ1) is 11.2. The molecule has 0 aromatic rings. The Hall–Kier alpha value is -0.250. The maximum atomic E-state index is 12.1. The minimum absolute atomic E-state index is 0.0747. The lowest BCUT2D eigenvalue weighted by atomic mass is 9.86. The predicted molar refractivity (Wildman–Crippen MR) is 52.6 cm³/mol. The van der Waals surface area contributed by atoms with Gasteiger partial charge in [-0.15, -0.1) is 0 Å². The van der Waals surface area contributed by atoms with Gasteiger partial charge in [-0.2, -0.15) is 13.2 Å². The van der Waals surface area contributed by atoms with E-state index in [2.05, 4.69) is 5.32 Å². The topological polar surface area (TPSA) is 12.0 Å². The minimum Gasteiger partial charge on any atom is -0.311 e. The number of rotatable bonds is 4. The van der Waals surface area contributed by atoms with Gasteiger partial charge in [-0.3, -0.25) is 0 Å². The van der Waals surface area contributed by atoms with E-state index in [1.165, 1.54) is 12.8 Å². The molecule has 1 nitrogen and oxygen atoms in total. The average Bonchev–Trinajstić information content (AvgIpc) is 2.87. The van der Waals surface area contributed by atoms with Crippen molar-refractivity contribution in [1.29, 1.82) is 0 Å². The summed E-state index contributed by atoms with van der Waals surface area (Å²) in [5.41, 5.74) is 0.0747. The van der Waals surface area contributed by atoms with Gasteiger partial charge in [0.1, 0.15) is 0 Å². The SMILES string of the molecule is FC(F)(F)CCCC1(C2CC2)CCCN1. The molecule has 1 saturated heterocycles. The van der Waals surface area contributed by atoms with Crippen molar-refractivity contribution in [2.75, 3.05) is 6.54 Å². The number of halogens is 3. The second-order valence-electron chi connectivity index (χ2n) is 4.93. The fourth-order valence-corrected chi connectivity index (χ4v) is 2.84. The van der Waals surface area contributed by atoms with Crippen LogP contribution in [-0.2, 0) is 0 Å². The van der Waals surface area contributed by atoms with Crippen molar-refractivity contribution in [1.82, 2.24) is 5.32 Å². The molecule has 0 aromatic carbocycles. The van der Waals surface area contributed by atoms with E-state index in [0.717, 1.165) is 19.4 Å². The van der Waals surface area contributed by atoms with Gasteiger partial charge in [0, 0.05) is 12.0 Å². The molecule has 1 unspecified atom stereocenters. The van der Waals surface area contributed by atoms with Crippen LogP contribution in [0.5, 0.6) is 0 Å². The van der Waals surface area contributed by atoms with Crippen LogP contribution in [0.3, 0.4) is 0 Å². The lowest BCUT2D eigenvalue weighted by Gasteiger charge is -2.30. The standard InChI is InChI=1S/C11H18F3N/c12-11(13,14)7-1-5-10(9-3-4-9)6-2-8-15-10/h9,15H,1-8H2. The first-order valence-corrected chi connectivity index (χ1v) is 5.84. The van der Waals surface area contributed by atoms with Gasteiger partial charge >= 0.3 is 6.18 Å². The summed E-state index contributed by atoms with van der Waals surface area (Å²) in [7, 11) is 0. The van der Waals surface area contributed by atoms with Crippen LogP contribution < -0.4 is 5.32 Å². The number of hydrogen-bond acceptors (Lipinski definition) is 1. The van der Waals surface area contributed by atoms with Gasteiger partial charge in [0.25, 0.3) is 0 Å². The lowest BCUT2D eigenvalue weighted by molar-refractivity contribution is -0.136. The van der Waals surface area contributed by atoms with Gasteiger partial charge in [-0.25, -0.2) is 0 Å². The summed E-state index contributed by atoms with van der Waals surface area (Å²) in [6, 6.07) is 0. The van der Waals surface area contributed by atoms with Crippen LogP contribution in [0.2, 0.25) is 0 Å². The first-order chi connectivity index (χ1) is 7.02. The predicted octanol–water partition coefficient (Wildman–Crippen LogP) is 3.25. The van der Waals surface area contributed by atoms with E-state index in [1.807, 2.05) is 0 Å². The lowest BCUT2D eigenvalue weighted by Crippen LogP contribution is -2.42. The van der Waals surface area contributed by atoms with Crippen molar-refractivity contribution in [2.45, 2.75) is 56.7 Å². The Kier molecular flexibility index (Phi) is 2.97. The molecule has 0 amide bonds. The average molecular weight is 221 g/mol. The smallest absolute Gasteiger partial charge is 0.311 e. The molecule has 0 spiro atoms. The second kappa shape index (κ2) is 3.96. The van der Waals surface area contributed by atoms with Gasteiger partial charge in [0.05, 0.1) is 0 Å². The van der Waals surface area contributed by atoms with Gasteiger partial charge < -0.3 is 5.32 Å². The van der Waals surface area contributed by atoms with Gasteiger partial charge in [-0.05, 0) is 51.0 Å². The van der Waals surface area contributed by atoms with Gasteiger partial charge in [0.2, 0.25) is 0 Å². The van der Waals surface area contributed by atoms with Gasteiger partial charge in [0.15, 0.2) is 0 Å². The highest BCUT2D eigenvalue weighted by molar-refractivity contribution is 5.03. The normalized spacial score (nSPS) is 32.2. The van der Waals surface area contributed by atoms with Crippen LogP contribution >= 0.6 is 0 Å².